The zero-order valence-corrected chi connectivity index (χ0v) is 19.5. The van der Waals surface area contributed by atoms with Gasteiger partial charge in [-0.25, -0.2) is 10.1 Å². The molecule has 0 bridgehead atoms. The molecule has 1 aliphatic heterocycles. The topological polar surface area (TPSA) is 213 Å². The van der Waals surface area contributed by atoms with Crippen molar-refractivity contribution in [2.45, 2.75) is 38.8 Å². The summed E-state index contributed by atoms with van der Waals surface area (Å²) in [5, 5.41) is 40.3. The normalized spacial score (nSPS) is 16.3. The number of hydrazone groups is 1. The van der Waals surface area contributed by atoms with Gasteiger partial charge in [-0.15, -0.1) is 5.10 Å². The molecule has 3 heterocycles. The van der Waals surface area contributed by atoms with Gasteiger partial charge in [0.25, 0.3) is 5.91 Å². The maximum Gasteiger partial charge on any atom is 0.315 e. The third-order valence-corrected chi connectivity index (χ3v) is 5.84. The van der Waals surface area contributed by atoms with E-state index in [1.807, 2.05) is 0 Å². The minimum absolute atomic E-state index is 0.0124. The number of nitro benzene ring substituents is 1. The SMILES string of the molecule is COc1cc(/C=N/NC(=O)c2nnn(-c3nonc3N)c2CN2CCCC[C@H]2C)cc([N+](=O)[O-])c1O. The number of phenolic OH excluding ortho intramolecular Hbond substituents is 1. The molecule has 1 aromatic carbocycles. The number of likely N-dealkylation sites (tertiary alicyclic amines) is 1. The lowest BCUT2D eigenvalue weighted by atomic mass is 10.0. The van der Waals surface area contributed by atoms with Gasteiger partial charge in [0, 0.05) is 24.2 Å². The molecule has 0 spiro atoms. The Hall–Kier alpha value is -4.60. The van der Waals surface area contributed by atoms with Crippen LogP contribution in [0, 0.1) is 10.1 Å². The standard InChI is InChI=1S/C20H24N10O6/c1-11-5-3-4-6-28(11)10-14-16(23-27-29(14)19-18(21)25-36-26-19)20(32)24-22-9-12-7-13(30(33)34)17(31)15(8-12)35-2/h7-9,11,31H,3-6,10H2,1-2H3,(H2,21,25)(H,24,32)/b22-9+/t11-/m1/s1. The molecule has 1 aliphatic rings. The quantitative estimate of drug-likeness (QED) is 0.224. The van der Waals surface area contributed by atoms with Crippen LogP contribution in [0.5, 0.6) is 11.5 Å². The number of hydrogen-bond donors (Lipinski definition) is 3. The minimum atomic E-state index is -0.760. The van der Waals surface area contributed by atoms with E-state index in [-0.39, 0.29) is 34.7 Å². The molecule has 4 N–H and O–H groups in total. The van der Waals surface area contributed by atoms with Gasteiger partial charge in [-0.05, 0) is 42.7 Å². The number of aromatic hydroxyl groups is 1. The van der Waals surface area contributed by atoms with Crippen molar-refractivity contribution in [3.05, 3.63) is 39.2 Å². The number of methoxy groups -OCH3 is 1. The molecular formula is C20H24N10O6. The molecule has 1 fully saturated rings. The van der Waals surface area contributed by atoms with Gasteiger partial charge in [-0.3, -0.25) is 19.8 Å². The Morgan fingerprint density at radius 3 is 2.92 bits per heavy atom. The number of piperidine rings is 1. The average Bonchev–Trinajstić information content (AvgIpc) is 3.46. The third kappa shape index (κ3) is 4.92. The number of aromatic nitrogens is 5. The summed E-state index contributed by atoms with van der Waals surface area (Å²) >= 11 is 0. The molecule has 16 heteroatoms. The fourth-order valence-electron chi connectivity index (χ4n) is 3.91. The second-order valence-electron chi connectivity index (χ2n) is 8.13. The largest absolute Gasteiger partial charge is 0.500 e. The number of nitrogens with one attached hydrogen (secondary N) is 1. The Bertz CT molecular complexity index is 1300. The summed E-state index contributed by atoms with van der Waals surface area (Å²) < 4.78 is 10.9. The zero-order valence-electron chi connectivity index (χ0n) is 19.5. The third-order valence-electron chi connectivity index (χ3n) is 5.84. The number of ether oxygens (including phenoxy) is 1. The van der Waals surface area contributed by atoms with E-state index in [4.69, 9.17) is 10.5 Å². The van der Waals surface area contributed by atoms with E-state index in [9.17, 15) is 20.0 Å². The highest BCUT2D eigenvalue weighted by Gasteiger charge is 2.28. The Balaban J connectivity index is 1.60. The van der Waals surface area contributed by atoms with Gasteiger partial charge in [0.1, 0.15) is 0 Å². The molecule has 190 valence electrons. The summed E-state index contributed by atoms with van der Waals surface area (Å²) in [4.78, 5) is 25.6. The van der Waals surface area contributed by atoms with Crippen LogP contribution in [0.2, 0.25) is 0 Å². The molecule has 1 atom stereocenters. The van der Waals surface area contributed by atoms with E-state index in [1.165, 1.54) is 24.1 Å². The second-order valence-corrected chi connectivity index (χ2v) is 8.13. The first kappa shape index (κ1) is 24.5. The lowest BCUT2D eigenvalue weighted by Gasteiger charge is -2.33. The maximum absolute atomic E-state index is 13.0. The smallest absolute Gasteiger partial charge is 0.315 e. The minimum Gasteiger partial charge on any atom is -0.500 e. The number of amides is 1. The summed E-state index contributed by atoms with van der Waals surface area (Å²) in [6.45, 7) is 3.28. The number of carbonyl (C=O) groups excluding carboxylic acids is 1. The average molecular weight is 500 g/mol. The van der Waals surface area contributed by atoms with Gasteiger partial charge in [0.15, 0.2) is 11.4 Å². The molecule has 0 saturated carbocycles. The molecule has 0 aliphatic carbocycles. The predicted octanol–water partition coefficient (Wildman–Crippen LogP) is 0.993. The van der Waals surface area contributed by atoms with Crippen LogP contribution < -0.4 is 15.9 Å². The Labute approximate surface area is 203 Å². The lowest BCUT2D eigenvalue weighted by Crippen LogP contribution is -2.38. The van der Waals surface area contributed by atoms with E-state index < -0.39 is 22.3 Å². The highest BCUT2D eigenvalue weighted by Crippen LogP contribution is 2.36. The number of carbonyl (C=O) groups is 1. The molecule has 1 amide bonds. The summed E-state index contributed by atoms with van der Waals surface area (Å²) in [6.07, 6.45) is 4.33. The van der Waals surface area contributed by atoms with E-state index in [0.29, 0.717) is 12.2 Å². The fraction of sp³-hybridized carbons (Fsp3) is 0.400. The number of nitrogen functional groups attached to an aromatic ring is 1. The molecule has 2 aromatic heterocycles. The van der Waals surface area contributed by atoms with Gasteiger partial charge in [0.2, 0.25) is 17.4 Å². The number of nitro groups is 1. The molecule has 4 rings (SSSR count). The monoisotopic (exact) mass is 500 g/mol. The van der Waals surface area contributed by atoms with Crippen LogP contribution in [0.4, 0.5) is 11.5 Å². The molecule has 16 nitrogen and oxygen atoms in total. The van der Waals surface area contributed by atoms with Gasteiger partial charge < -0.3 is 15.6 Å². The number of benzene rings is 1. The zero-order chi connectivity index (χ0) is 25.8. The Morgan fingerprint density at radius 1 is 1.44 bits per heavy atom. The highest BCUT2D eigenvalue weighted by atomic mass is 16.6. The summed E-state index contributed by atoms with van der Waals surface area (Å²) in [5.41, 5.74) is 8.22. The molecular weight excluding hydrogens is 476 g/mol. The van der Waals surface area contributed by atoms with E-state index >= 15 is 0 Å². The predicted molar refractivity (Wildman–Crippen MR) is 124 cm³/mol. The molecule has 0 unspecified atom stereocenters. The van der Waals surface area contributed by atoms with E-state index in [1.54, 1.807) is 0 Å². The molecule has 36 heavy (non-hydrogen) atoms. The first-order valence-corrected chi connectivity index (χ1v) is 11.0. The van der Waals surface area contributed by atoms with Gasteiger partial charge in [-0.2, -0.15) is 9.78 Å². The first-order valence-electron chi connectivity index (χ1n) is 11.0. The van der Waals surface area contributed by atoms with Crippen LogP contribution in [0.3, 0.4) is 0 Å². The van der Waals surface area contributed by atoms with Crippen LogP contribution in [-0.4, -0.2) is 72.1 Å². The van der Waals surface area contributed by atoms with Gasteiger partial charge in [0.05, 0.1) is 23.9 Å². The van der Waals surface area contributed by atoms with Crippen LogP contribution in [-0.2, 0) is 6.54 Å². The van der Waals surface area contributed by atoms with Crippen molar-refractivity contribution in [3.8, 4) is 17.3 Å². The molecule has 1 saturated heterocycles. The lowest BCUT2D eigenvalue weighted by molar-refractivity contribution is -0.386. The van der Waals surface area contributed by atoms with Crippen LogP contribution in [0.15, 0.2) is 21.9 Å². The summed E-state index contributed by atoms with van der Waals surface area (Å²) in [5.74, 6) is -1.31. The second kappa shape index (κ2) is 10.3. The van der Waals surface area contributed by atoms with Crippen molar-refractivity contribution in [2.24, 2.45) is 5.10 Å². The molecule has 3 aromatic rings. The van der Waals surface area contributed by atoms with Crippen molar-refractivity contribution in [2.75, 3.05) is 19.4 Å². The van der Waals surface area contributed by atoms with Crippen molar-refractivity contribution in [3.63, 3.8) is 0 Å². The number of nitrogens with two attached hydrogens (primary N) is 1. The Kier molecular flexibility index (Phi) is 7.05. The molecule has 0 radical (unpaired) electrons. The number of nitrogens with zero attached hydrogens (tertiary/aromatic N) is 8. The van der Waals surface area contributed by atoms with E-state index in [0.717, 1.165) is 31.9 Å². The van der Waals surface area contributed by atoms with Crippen molar-refractivity contribution in [1.82, 2.24) is 35.6 Å². The number of phenols is 1. The highest BCUT2D eigenvalue weighted by molar-refractivity contribution is 5.94. The van der Waals surface area contributed by atoms with E-state index in [2.05, 4.69) is 47.6 Å². The van der Waals surface area contributed by atoms with Crippen molar-refractivity contribution < 1.29 is 24.2 Å². The van der Waals surface area contributed by atoms with Crippen LogP contribution >= 0.6 is 0 Å². The number of rotatable bonds is 8. The maximum atomic E-state index is 13.0. The van der Waals surface area contributed by atoms with Gasteiger partial charge >= 0.3 is 5.69 Å². The van der Waals surface area contributed by atoms with Crippen molar-refractivity contribution >= 4 is 23.6 Å². The van der Waals surface area contributed by atoms with Crippen LogP contribution in [0.25, 0.3) is 5.82 Å². The number of anilines is 1. The van der Waals surface area contributed by atoms with Gasteiger partial charge in [-0.1, -0.05) is 11.6 Å². The van der Waals surface area contributed by atoms with Crippen molar-refractivity contribution in [1.29, 1.82) is 0 Å². The first-order chi connectivity index (χ1) is 17.3. The summed E-state index contributed by atoms with van der Waals surface area (Å²) in [7, 11) is 1.26. The Morgan fingerprint density at radius 2 is 2.25 bits per heavy atom. The number of hydrogen-bond acceptors (Lipinski definition) is 13. The van der Waals surface area contributed by atoms with Crippen LogP contribution in [0.1, 0.15) is 47.9 Å². The summed E-state index contributed by atoms with van der Waals surface area (Å²) in [6, 6.07) is 2.70. The fourth-order valence-corrected chi connectivity index (χ4v) is 3.91.